The Morgan fingerprint density at radius 3 is 2.43 bits per heavy atom. The molecule has 0 heterocycles. The van der Waals surface area contributed by atoms with E-state index in [9.17, 15) is 0 Å². The monoisotopic (exact) mass is 97.1 g/mol. The number of hydrogen-bond donors (Lipinski definition) is 1. The summed E-state index contributed by atoms with van der Waals surface area (Å²) in [4.78, 5) is 0. The van der Waals surface area contributed by atoms with Gasteiger partial charge in [-0.1, -0.05) is 12.7 Å². The summed E-state index contributed by atoms with van der Waals surface area (Å²) in [5.74, 6) is 0. The Kier molecular flexibility index (Phi) is 3.11. The summed E-state index contributed by atoms with van der Waals surface area (Å²) < 4.78 is 0. The molecule has 0 fully saturated rings. The van der Waals surface area contributed by atoms with Crippen molar-refractivity contribution in [3.8, 4) is 0 Å². The fourth-order valence-corrected chi connectivity index (χ4v) is 0.244. The maximum absolute atomic E-state index is 3.50. The molecule has 1 N–H and O–H groups in total. The zero-order valence-corrected chi connectivity index (χ0v) is 4.86. The average Bonchev–Trinajstić information content (AvgIpc) is 1.68. The number of allylic oxidation sites excluding steroid dienone is 2. The van der Waals surface area contributed by atoms with Crippen molar-refractivity contribution >= 4 is 0 Å². The first-order chi connectivity index (χ1) is 3.31. The van der Waals surface area contributed by atoms with Crippen LogP contribution in [0.3, 0.4) is 0 Å². The molecular formula is C6H11N. The molecule has 0 saturated heterocycles. The van der Waals surface area contributed by atoms with E-state index in [2.05, 4.69) is 11.9 Å². The average molecular weight is 97.2 g/mol. The quantitative estimate of drug-likeness (QED) is 0.552. The summed E-state index contributed by atoms with van der Waals surface area (Å²) in [6, 6.07) is 0. The van der Waals surface area contributed by atoms with Crippen molar-refractivity contribution in [2.75, 3.05) is 0 Å². The van der Waals surface area contributed by atoms with Crippen LogP contribution < -0.4 is 5.32 Å². The van der Waals surface area contributed by atoms with Gasteiger partial charge in [0, 0.05) is 5.70 Å². The Morgan fingerprint density at radius 2 is 2.29 bits per heavy atom. The largest absolute Gasteiger partial charge is 0.366 e. The van der Waals surface area contributed by atoms with E-state index in [0.717, 1.165) is 5.70 Å². The number of rotatable bonds is 2. The van der Waals surface area contributed by atoms with E-state index in [4.69, 9.17) is 0 Å². The van der Waals surface area contributed by atoms with E-state index in [1.807, 2.05) is 19.9 Å². The Labute approximate surface area is 44.7 Å². The van der Waals surface area contributed by atoms with Gasteiger partial charge in [-0.3, -0.25) is 0 Å². The van der Waals surface area contributed by atoms with Gasteiger partial charge in [0.2, 0.25) is 0 Å². The van der Waals surface area contributed by atoms with Crippen molar-refractivity contribution in [3.63, 3.8) is 0 Å². The van der Waals surface area contributed by atoms with Gasteiger partial charge in [0.05, 0.1) is 0 Å². The van der Waals surface area contributed by atoms with Crippen LogP contribution >= 0.6 is 0 Å². The third kappa shape index (κ3) is 3.10. The molecule has 7 heavy (non-hydrogen) atoms. The van der Waals surface area contributed by atoms with Gasteiger partial charge in [-0.15, -0.1) is 0 Å². The molecule has 0 spiro atoms. The summed E-state index contributed by atoms with van der Waals surface area (Å²) in [5.41, 5.74) is 1.13. The summed E-state index contributed by atoms with van der Waals surface area (Å²) >= 11 is 0. The highest BCUT2D eigenvalue weighted by Crippen LogP contribution is 1.81. The lowest BCUT2D eigenvalue weighted by molar-refractivity contribution is 1.06. The van der Waals surface area contributed by atoms with Gasteiger partial charge in [-0.2, -0.15) is 0 Å². The third-order valence-corrected chi connectivity index (χ3v) is 0.763. The van der Waals surface area contributed by atoms with Gasteiger partial charge in [0.15, 0.2) is 0 Å². The molecule has 40 valence electrons. The fourth-order valence-electron chi connectivity index (χ4n) is 0.244. The SMILES string of the molecule is C=CN/C(C)=C/C. The molecular weight excluding hydrogens is 86.1 g/mol. The summed E-state index contributed by atoms with van der Waals surface area (Å²) in [6.45, 7) is 7.46. The van der Waals surface area contributed by atoms with Crippen LogP contribution in [0.4, 0.5) is 0 Å². The molecule has 0 atom stereocenters. The zero-order chi connectivity index (χ0) is 5.70. The molecule has 0 aromatic heterocycles. The van der Waals surface area contributed by atoms with Gasteiger partial charge in [0.1, 0.15) is 0 Å². The Morgan fingerprint density at radius 1 is 1.71 bits per heavy atom. The van der Waals surface area contributed by atoms with E-state index in [0.29, 0.717) is 0 Å². The normalized spacial score (nSPS) is 10.9. The first kappa shape index (κ1) is 6.28. The summed E-state index contributed by atoms with van der Waals surface area (Å²) in [6.07, 6.45) is 3.65. The number of hydrogen-bond acceptors (Lipinski definition) is 1. The van der Waals surface area contributed by atoms with Crippen molar-refractivity contribution in [1.29, 1.82) is 0 Å². The first-order valence-corrected chi connectivity index (χ1v) is 2.31. The molecule has 0 rings (SSSR count). The minimum absolute atomic E-state index is 1.13. The van der Waals surface area contributed by atoms with Crippen LogP contribution in [0.5, 0.6) is 0 Å². The Bertz CT molecular complexity index is 82.2. The molecule has 0 aromatic carbocycles. The van der Waals surface area contributed by atoms with Crippen LogP contribution in [0.15, 0.2) is 24.6 Å². The molecule has 1 nitrogen and oxygen atoms in total. The minimum atomic E-state index is 1.13. The van der Waals surface area contributed by atoms with Gasteiger partial charge in [0.25, 0.3) is 0 Å². The maximum Gasteiger partial charge on any atom is 0.00712 e. The van der Waals surface area contributed by atoms with Crippen molar-refractivity contribution in [3.05, 3.63) is 24.6 Å². The highest BCUT2D eigenvalue weighted by molar-refractivity contribution is 4.95. The van der Waals surface area contributed by atoms with Gasteiger partial charge in [-0.05, 0) is 20.0 Å². The van der Waals surface area contributed by atoms with E-state index in [1.165, 1.54) is 0 Å². The highest BCUT2D eigenvalue weighted by atomic mass is 14.8. The Balaban J connectivity index is 3.36. The molecule has 0 aliphatic carbocycles. The van der Waals surface area contributed by atoms with E-state index >= 15 is 0 Å². The van der Waals surface area contributed by atoms with Gasteiger partial charge >= 0.3 is 0 Å². The summed E-state index contributed by atoms with van der Waals surface area (Å²) in [5, 5.41) is 2.92. The van der Waals surface area contributed by atoms with Crippen LogP contribution in [-0.2, 0) is 0 Å². The molecule has 0 radical (unpaired) electrons. The third-order valence-electron chi connectivity index (χ3n) is 0.763. The Hall–Kier alpha value is -0.720. The smallest absolute Gasteiger partial charge is 0.00712 e. The van der Waals surface area contributed by atoms with Crippen molar-refractivity contribution in [2.24, 2.45) is 0 Å². The first-order valence-electron chi connectivity index (χ1n) is 2.31. The highest BCUT2D eigenvalue weighted by Gasteiger charge is 1.72. The van der Waals surface area contributed by atoms with E-state index in [-0.39, 0.29) is 0 Å². The van der Waals surface area contributed by atoms with Crippen LogP contribution in [0.1, 0.15) is 13.8 Å². The summed E-state index contributed by atoms with van der Waals surface area (Å²) in [7, 11) is 0. The van der Waals surface area contributed by atoms with Gasteiger partial charge in [-0.25, -0.2) is 0 Å². The van der Waals surface area contributed by atoms with Gasteiger partial charge < -0.3 is 5.32 Å². The second-order valence-electron chi connectivity index (χ2n) is 1.32. The van der Waals surface area contributed by atoms with E-state index in [1.54, 1.807) is 6.20 Å². The minimum Gasteiger partial charge on any atom is -0.366 e. The predicted octanol–water partition coefficient (Wildman–Crippen LogP) is 1.64. The topological polar surface area (TPSA) is 12.0 Å². The second kappa shape index (κ2) is 3.47. The second-order valence-corrected chi connectivity index (χ2v) is 1.32. The van der Waals surface area contributed by atoms with Crippen LogP contribution in [0.2, 0.25) is 0 Å². The number of nitrogens with one attached hydrogen (secondary N) is 1. The van der Waals surface area contributed by atoms with Crippen LogP contribution in [0, 0.1) is 0 Å². The van der Waals surface area contributed by atoms with Crippen molar-refractivity contribution in [1.82, 2.24) is 5.32 Å². The lowest BCUT2D eigenvalue weighted by Gasteiger charge is -1.93. The molecule has 0 amide bonds. The molecule has 1 heteroatoms. The van der Waals surface area contributed by atoms with E-state index < -0.39 is 0 Å². The molecule has 0 unspecified atom stereocenters. The van der Waals surface area contributed by atoms with Crippen molar-refractivity contribution < 1.29 is 0 Å². The van der Waals surface area contributed by atoms with Crippen molar-refractivity contribution in [2.45, 2.75) is 13.8 Å². The molecule has 0 aliphatic heterocycles. The predicted molar refractivity (Wildman–Crippen MR) is 32.8 cm³/mol. The molecule has 0 aromatic rings. The zero-order valence-electron chi connectivity index (χ0n) is 4.86. The lowest BCUT2D eigenvalue weighted by atomic mass is 10.5. The van der Waals surface area contributed by atoms with Crippen LogP contribution in [-0.4, -0.2) is 0 Å². The molecule has 0 saturated carbocycles. The lowest BCUT2D eigenvalue weighted by Crippen LogP contribution is -1.97. The molecule has 0 aliphatic rings. The fraction of sp³-hybridized carbons (Fsp3) is 0.333. The van der Waals surface area contributed by atoms with Crippen LogP contribution in [0.25, 0.3) is 0 Å². The maximum atomic E-state index is 3.50. The standard InChI is InChI=1S/C6H11N/c1-4-6(3)7-5-2/h4-5,7H,2H2,1,3H3/b6-4+. The molecule has 0 bridgehead atoms.